The molecule has 1 aromatic heterocycles. The second kappa shape index (κ2) is 5.44. The standard InChI is InChI=1S/C13H15N3O2/c1-2-11-14-12(8-9-13(17)18)16(15-11)10-6-4-3-5-7-10/h3-7H,2,8-9H2,1H3,(H,17,18). The number of carboxylic acid groups (broad SMARTS) is 1. The summed E-state index contributed by atoms with van der Waals surface area (Å²) in [5.74, 6) is 0.607. The maximum Gasteiger partial charge on any atom is 0.303 e. The molecule has 0 saturated heterocycles. The summed E-state index contributed by atoms with van der Waals surface area (Å²) in [6.07, 6.45) is 1.19. The van der Waals surface area contributed by atoms with Gasteiger partial charge in [0.15, 0.2) is 5.82 Å². The van der Waals surface area contributed by atoms with E-state index >= 15 is 0 Å². The molecule has 0 aliphatic heterocycles. The van der Waals surface area contributed by atoms with Crippen LogP contribution in [0, 0.1) is 0 Å². The number of para-hydroxylation sites is 1. The molecule has 0 spiro atoms. The Hall–Kier alpha value is -2.17. The minimum absolute atomic E-state index is 0.0642. The van der Waals surface area contributed by atoms with Crippen LogP contribution in [0.4, 0.5) is 0 Å². The molecule has 0 bridgehead atoms. The minimum Gasteiger partial charge on any atom is -0.481 e. The van der Waals surface area contributed by atoms with Crippen molar-refractivity contribution in [3.63, 3.8) is 0 Å². The van der Waals surface area contributed by atoms with E-state index in [1.165, 1.54) is 0 Å². The van der Waals surface area contributed by atoms with Crippen LogP contribution >= 0.6 is 0 Å². The molecule has 1 N–H and O–H groups in total. The molecule has 2 rings (SSSR count). The van der Waals surface area contributed by atoms with Gasteiger partial charge in [-0.25, -0.2) is 9.67 Å². The summed E-state index contributed by atoms with van der Waals surface area (Å²) in [4.78, 5) is 15.0. The summed E-state index contributed by atoms with van der Waals surface area (Å²) in [7, 11) is 0. The predicted octanol–water partition coefficient (Wildman–Crippen LogP) is 1.85. The van der Waals surface area contributed by atoms with Crippen LogP contribution in [-0.4, -0.2) is 25.8 Å². The van der Waals surface area contributed by atoms with Gasteiger partial charge in [0, 0.05) is 12.8 Å². The molecule has 94 valence electrons. The van der Waals surface area contributed by atoms with Crippen LogP contribution in [0.25, 0.3) is 5.69 Å². The van der Waals surface area contributed by atoms with E-state index in [9.17, 15) is 4.79 Å². The van der Waals surface area contributed by atoms with E-state index in [0.717, 1.165) is 17.9 Å². The largest absolute Gasteiger partial charge is 0.481 e. The number of aliphatic carboxylic acids is 1. The molecule has 1 heterocycles. The second-order valence-corrected chi connectivity index (χ2v) is 3.94. The van der Waals surface area contributed by atoms with Crippen molar-refractivity contribution in [3.05, 3.63) is 42.0 Å². The van der Waals surface area contributed by atoms with Crippen LogP contribution in [0.2, 0.25) is 0 Å². The molecule has 0 amide bonds. The van der Waals surface area contributed by atoms with E-state index in [1.54, 1.807) is 4.68 Å². The topological polar surface area (TPSA) is 68.0 Å². The number of hydrogen-bond donors (Lipinski definition) is 1. The minimum atomic E-state index is -0.823. The van der Waals surface area contributed by atoms with Crippen molar-refractivity contribution in [1.29, 1.82) is 0 Å². The van der Waals surface area contributed by atoms with Crippen LogP contribution < -0.4 is 0 Å². The molecule has 18 heavy (non-hydrogen) atoms. The number of carboxylic acids is 1. The lowest BCUT2D eigenvalue weighted by molar-refractivity contribution is -0.137. The van der Waals surface area contributed by atoms with Crippen molar-refractivity contribution in [3.8, 4) is 5.69 Å². The predicted molar refractivity (Wildman–Crippen MR) is 66.7 cm³/mol. The smallest absolute Gasteiger partial charge is 0.303 e. The van der Waals surface area contributed by atoms with Crippen LogP contribution in [0.5, 0.6) is 0 Å². The zero-order chi connectivity index (χ0) is 13.0. The number of carbonyl (C=O) groups is 1. The van der Waals surface area contributed by atoms with Crippen molar-refractivity contribution in [2.45, 2.75) is 26.2 Å². The van der Waals surface area contributed by atoms with Crippen LogP contribution in [0.3, 0.4) is 0 Å². The Bertz CT molecular complexity index is 534. The molecule has 5 nitrogen and oxygen atoms in total. The zero-order valence-corrected chi connectivity index (χ0v) is 10.2. The van der Waals surface area contributed by atoms with E-state index in [1.807, 2.05) is 37.3 Å². The SMILES string of the molecule is CCc1nc(CCC(=O)O)n(-c2ccccc2)n1. The molecule has 1 aromatic carbocycles. The monoisotopic (exact) mass is 245 g/mol. The Morgan fingerprint density at radius 1 is 1.33 bits per heavy atom. The van der Waals surface area contributed by atoms with Crippen LogP contribution in [0.15, 0.2) is 30.3 Å². The fourth-order valence-electron chi connectivity index (χ4n) is 1.70. The first-order valence-electron chi connectivity index (χ1n) is 5.92. The van der Waals surface area contributed by atoms with Crippen molar-refractivity contribution >= 4 is 5.97 Å². The summed E-state index contributed by atoms with van der Waals surface area (Å²) in [6, 6.07) is 9.63. The van der Waals surface area contributed by atoms with Crippen molar-refractivity contribution in [1.82, 2.24) is 14.8 Å². The molecule has 0 radical (unpaired) electrons. The molecular weight excluding hydrogens is 230 g/mol. The molecule has 0 aliphatic rings. The van der Waals surface area contributed by atoms with Gasteiger partial charge in [0.05, 0.1) is 12.1 Å². The highest BCUT2D eigenvalue weighted by molar-refractivity contribution is 5.66. The maximum absolute atomic E-state index is 10.6. The van der Waals surface area contributed by atoms with Gasteiger partial charge in [0.2, 0.25) is 0 Å². The van der Waals surface area contributed by atoms with Crippen molar-refractivity contribution < 1.29 is 9.90 Å². The number of hydrogen-bond acceptors (Lipinski definition) is 3. The third kappa shape index (κ3) is 2.74. The van der Waals surface area contributed by atoms with Gasteiger partial charge < -0.3 is 5.11 Å². The third-order valence-corrected chi connectivity index (χ3v) is 2.60. The molecule has 0 saturated carbocycles. The second-order valence-electron chi connectivity index (χ2n) is 3.94. The van der Waals surface area contributed by atoms with Gasteiger partial charge in [-0.05, 0) is 12.1 Å². The number of nitrogens with zero attached hydrogens (tertiary/aromatic N) is 3. The van der Waals surface area contributed by atoms with Gasteiger partial charge in [0.25, 0.3) is 0 Å². The van der Waals surface area contributed by atoms with E-state index < -0.39 is 5.97 Å². The first-order chi connectivity index (χ1) is 8.70. The van der Waals surface area contributed by atoms with E-state index in [-0.39, 0.29) is 6.42 Å². The Morgan fingerprint density at radius 2 is 2.06 bits per heavy atom. The average molecular weight is 245 g/mol. The molecule has 0 aliphatic carbocycles. The number of benzene rings is 1. The van der Waals surface area contributed by atoms with Gasteiger partial charge >= 0.3 is 5.97 Å². The summed E-state index contributed by atoms with van der Waals surface area (Å²) >= 11 is 0. The Labute approximate surface area is 105 Å². The summed E-state index contributed by atoms with van der Waals surface area (Å²) in [5.41, 5.74) is 0.907. The first-order valence-corrected chi connectivity index (χ1v) is 5.92. The van der Waals surface area contributed by atoms with Crippen molar-refractivity contribution in [2.75, 3.05) is 0 Å². The lowest BCUT2D eigenvalue weighted by atomic mass is 10.3. The fraction of sp³-hybridized carbons (Fsp3) is 0.308. The number of aromatic nitrogens is 3. The van der Waals surface area contributed by atoms with Gasteiger partial charge in [-0.15, -0.1) is 0 Å². The Kier molecular flexibility index (Phi) is 3.72. The van der Waals surface area contributed by atoms with Gasteiger partial charge in [0.1, 0.15) is 5.82 Å². The maximum atomic E-state index is 10.6. The van der Waals surface area contributed by atoms with E-state index in [0.29, 0.717) is 12.2 Å². The molecule has 5 heteroatoms. The summed E-state index contributed by atoms with van der Waals surface area (Å²) in [5, 5.41) is 13.1. The van der Waals surface area contributed by atoms with Gasteiger partial charge in [-0.1, -0.05) is 25.1 Å². The molecular formula is C13H15N3O2. The van der Waals surface area contributed by atoms with Crippen molar-refractivity contribution in [2.24, 2.45) is 0 Å². The number of rotatable bonds is 5. The Balaban J connectivity index is 2.33. The average Bonchev–Trinajstić information content (AvgIpc) is 2.80. The number of aryl methyl sites for hydroxylation is 2. The first kappa shape index (κ1) is 12.3. The van der Waals surface area contributed by atoms with Gasteiger partial charge in [-0.2, -0.15) is 5.10 Å². The lowest BCUT2D eigenvalue weighted by Gasteiger charge is -2.04. The highest BCUT2D eigenvalue weighted by Gasteiger charge is 2.11. The molecule has 0 atom stereocenters. The van der Waals surface area contributed by atoms with E-state index in [2.05, 4.69) is 10.1 Å². The fourth-order valence-corrected chi connectivity index (χ4v) is 1.70. The highest BCUT2D eigenvalue weighted by atomic mass is 16.4. The van der Waals surface area contributed by atoms with Crippen LogP contribution in [-0.2, 0) is 17.6 Å². The lowest BCUT2D eigenvalue weighted by Crippen LogP contribution is -2.06. The van der Waals surface area contributed by atoms with E-state index in [4.69, 9.17) is 5.11 Å². The summed E-state index contributed by atoms with van der Waals surface area (Å²) < 4.78 is 1.72. The highest BCUT2D eigenvalue weighted by Crippen LogP contribution is 2.11. The molecule has 2 aromatic rings. The van der Waals surface area contributed by atoms with Gasteiger partial charge in [-0.3, -0.25) is 4.79 Å². The third-order valence-electron chi connectivity index (χ3n) is 2.60. The Morgan fingerprint density at radius 3 is 2.67 bits per heavy atom. The van der Waals surface area contributed by atoms with Crippen LogP contribution in [0.1, 0.15) is 25.0 Å². The summed E-state index contributed by atoms with van der Waals surface area (Å²) in [6.45, 7) is 1.98. The quantitative estimate of drug-likeness (QED) is 0.872. The normalized spacial score (nSPS) is 10.5. The molecule has 0 unspecified atom stereocenters. The molecule has 0 fully saturated rings. The zero-order valence-electron chi connectivity index (χ0n) is 10.2.